The highest BCUT2D eigenvalue weighted by atomic mass is 16.7. The first kappa shape index (κ1) is 11.8. The van der Waals surface area contributed by atoms with Crippen molar-refractivity contribution in [1.82, 2.24) is 0 Å². The van der Waals surface area contributed by atoms with Crippen LogP contribution in [0.2, 0.25) is 0 Å². The maximum atomic E-state index is 9.07. The molecule has 0 spiro atoms. The number of hydrogen-bond acceptors (Lipinski definition) is 3. The second-order valence-corrected chi connectivity index (χ2v) is 4.75. The summed E-state index contributed by atoms with van der Waals surface area (Å²) in [7, 11) is -0.352. The van der Waals surface area contributed by atoms with Crippen LogP contribution in [0, 0.1) is 0 Å². The van der Waals surface area contributed by atoms with Crippen LogP contribution in [-0.4, -0.2) is 29.5 Å². The van der Waals surface area contributed by atoms with E-state index in [0.717, 1.165) is 0 Å². The maximum Gasteiger partial charge on any atom is 0.486 e. The van der Waals surface area contributed by atoms with Crippen molar-refractivity contribution >= 4 is 7.12 Å². The van der Waals surface area contributed by atoms with Crippen molar-refractivity contribution in [1.29, 1.82) is 0 Å². The fourth-order valence-electron chi connectivity index (χ4n) is 1.22. The first-order chi connectivity index (χ1) is 6.24. The molecule has 0 aromatic rings. The van der Waals surface area contributed by atoms with Gasteiger partial charge in [-0.3, -0.25) is 0 Å². The van der Waals surface area contributed by atoms with Crippen LogP contribution in [0.4, 0.5) is 0 Å². The molecular weight excluding hydrogens is 179 g/mol. The standard InChI is InChI=1S/C10H19BO3/c1-8(12)6-7-11-13-9(2,3)10(4,5)14-11/h6-8,12H,1-5H3/b7-6+/t8-/m1/s1. The highest BCUT2D eigenvalue weighted by Gasteiger charge is 2.49. The lowest BCUT2D eigenvalue weighted by molar-refractivity contribution is 0.00578. The van der Waals surface area contributed by atoms with Crippen LogP contribution < -0.4 is 0 Å². The van der Waals surface area contributed by atoms with Crippen LogP contribution in [0.1, 0.15) is 34.6 Å². The van der Waals surface area contributed by atoms with Crippen molar-refractivity contribution in [2.75, 3.05) is 0 Å². The van der Waals surface area contributed by atoms with Gasteiger partial charge in [0.25, 0.3) is 0 Å². The molecule has 1 N–H and O–H groups in total. The predicted molar refractivity (Wildman–Crippen MR) is 56.9 cm³/mol. The molecular formula is C10H19BO3. The van der Waals surface area contributed by atoms with E-state index >= 15 is 0 Å². The molecule has 0 unspecified atom stereocenters. The molecule has 1 aliphatic heterocycles. The molecule has 0 aromatic carbocycles. The minimum atomic E-state index is -0.464. The minimum Gasteiger partial charge on any atom is -0.400 e. The van der Waals surface area contributed by atoms with Gasteiger partial charge in [-0.15, -0.1) is 0 Å². The fourth-order valence-corrected chi connectivity index (χ4v) is 1.22. The Morgan fingerprint density at radius 1 is 1.14 bits per heavy atom. The first-order valence-electron chi connectivity index (χ1n) is 4.97. The number of hydrogen-bond donors (Lipinski definition) is 1. The van der Waals surface area contributed by atoms with Crippen molar-refractivity contribution in [2.24, 2.45) is 0 Å². The Hall–Kier alpha value is -0.315. The van der Waals surface area contributed by atoms with Crippen molar-refractivity contribution < 1.29 is 14.4 Å². The van der Waals surface area contributed by atoms with E-state index in [1.807, 2.05) is 27.7 Å². The normalized spacial score (nSPS) is 27.1. The van der Waals surface area contributed by atoms with Gasteiger partial charge in [0, 0.05) is 0 Å². The quantitative estimate of drug-likeness (QED) is 0.684. The Kier molecular flexibility index (Phi) is 3.09. The molecule has 0 amide bonds. The van der Waals surface area contributed by atoms with Gasteiger partial charge < -0.3 is 14.4 Å². The second kappa shape index (κ2) is 3.68. The zero-order valence-corrected chi connectivity index (χ0v) is 9.57. The summed E-state index contributed by atoms with van der Waals surface area (Å²) in [6.07, 6.45) is 1.20. The topological polar surface area (TPSA) is 38.7 Å². The molecule has 80 valence electrons. The third kappa shape index (κ3) is 2.38. The van der Waals surface area contributed by atoms with E-state index in [-0.39, 0.29) is 18.3 Å². The summed E-state index contributed by atoms with van der Waals surface area (Å²) >= 11 is 0. The monoisotopic (exact) mass is 198 g/mol. The lowest BCUT2D eigenvalue weighted by atomic mass is 9.89. The van der Waals surface area contributed by atoms with E-state index in [1.54, 1.807) is 19.0 Å². The average Bonchev–Trinajstić information content (AvgIpc) is 2.17. The highest BCUT2D eigenvalue weighted by molar-refractivity contribution is 6.51. The average molecular weight is 198 g/mol. The summed E-state index contributed by atoms with van der Waals surface area (Å²) in [6.45, 7) is 9.71. The molecule has 1 rings (SSSR count). The first-order valence-corrected chi connectivity index (χ1v) is 4.97. The van der Waals surface area contributed by atoms with Gasteiger partial charge in [0.05, 0.1) is 17.3 Å². The van der Waals surface area contributed by atoms with Crippen molar-refractivity contribution in [2.45, 2.75) is 51.9 Å². The minimum absolute atomic E-state index is 0.305. The summed E-state index contributed by atoms with van der Waals surface area (Å²) in [4.78, 5) is 0. The van der Waals surface area contributed by atoms with Gasteiger partial charge in [0.2, 0.25) is 0 Å². The van der Waals surface area contributed by atoms with Crippen LogP contribution in [0.25, 0.3) is 0 Å². The van der Waals surface area contributed by atoms with E-state index in [4.69, 9.17) is 14.4 Å². The predicted octanol–water partition coefficient (Wildman–Crippen LogP) is 1.55. The van der Waals surface area contributed by atoms with Gasteiger partial charge in [-0.05, 0) is 34.6 Å². The molecule has 0 saturated carbocycles. The molecule has 1 saturated heterocycles. The number of aliphatic hydroxyl groups is 1. The zero-order chi connectivity index (χ0) is 11.0. The Morgan fingerprint density at radius 2 is 1.57 bits per heavy atom. The van der Waals surface area contributed by atoms with E-state index in [1.165, 1.54) is 0 Å². The lowest BCUT2D eigenvalue weighted by Crippen LogP contribution is -2.41. The fraction of sp³-hybridized carbons (Fsp3) is 0.800. The van der Waals surface area contributed by atoms with Crippen molar-refractivity contribution in [3.8, 4) is 0 Å². The summed E-state index contributed by atoms with van der Waals surface area (Å²) in [5.41, 5.74) is -0.610. The SMILES string of the molecule is C[C@@H](O)/C=C/B1OC(C)(C)C(C)(C)O1. The van der Waals surface area contributed by atoms with E-state index in [0.29, 0.717) is 0 Å². The molecule has 3 nitrogen and oxygen atoms in total. The Morgan fingerprint density at radius 3 is 1.93 bits per heavy atom. The van der Waals surface area contributed by atoms with Gasteiger partial charge in [-0.1, -0.05) is 12.1 Å². The Balaban J connectivity index is 2.64. The number of aliphatic hydroxyl groups excluding tert-OH is 1. The van der Waals surface area contributed by atoms with Crippen LogP contribution >= 0.6 is 0 Å². The summed E-state index contributed by atoms with van der Waals surface area (Å²) in [5, 5.41) is 9.07. The van der Waals surface area contributed by atoms with E-state index < -0.39 is 6.10 Å². The molecule has 1 atom stereocenters. The van der Waals surface area contributed by atoms with Crippen molar-refractivity contribution in [3.63, 3.8) is 0 Å². The third-order valence-electron chi connectivity index (χ3n) is 2.82. The molecule has 1 aliphatic rings. The zero-order valence-electron chi connectivity index (χ0n) is 9.57. The summed E-state index contributed by atoms with van der Waals surface area (Å²) in [5.74, 6) is 1.75. The van der Waals surface area contributed by atoms with E-state index in [2.05, 4.69) is 0 Å². The maximum absolute atomic E-state index is 9.07. The van der Waals surface area contributed by atoms with Crippen LogP contribution in [0.15, 0.2) is 12.1 Å². The molecule has 4 heteroatoms. The van der Waals surface area contributed by atoms with Gasteiger partial charge in [0.1, 0.15) is 0 Å². The molecule has 14 heavy (non-hydrogen) atoms. The van der Waals surface area contributed by atoms with Crippen LogP contribution in [0.5, 0.6) is 0 Å². The smallest absolute Gasteiger partial charge is 0.400 e. The van der Waals surface area contributed by atoms with E-state index in [9.17, 15) is 0 Å². The largest absolute Gasteiger partial charge is 0.486 e. The molecule has 0 aliphatic carbocycles. The van der Waals surface area contributed by atoms with Crippen molar-refractivity contribution in [3.05, 3.63) is 12.1 Å². The Bertz CT molecular complexity index is 218. The lowest BCUT2D eigenvalue weighted by Gasteiger charge is -2.32. The Labute approximate surface area is 86.2 Å². The van der Waals surface area contributed by atoms with Gasteiger partial charge in [-0.2, -0.15) is 0 Å². The van der Waals surface area contributed by atoms with Gasteiger partial charge >= 0.3 is 7.12 Å². The third-order valence-corrected chi connectivity index (χ3v) is 2.82. The number of rotatable bonds is 2. The highest BCUT2D eigenvalue weighted by Crippen LogP contribution is 2.36. The molecule has 1 heterocycles. The molecule has 0 bridgehead atoms. The van der Waals surface area contributed by atoms with Gasteiger partial charge in [-0.25, -0.2) is 0 Å². The van der Waals surface area contributed by atoms with Crippen LogP contribution in [-0.2, 0) is 9.31 Å². The molecule has 0 radical (unpaired) electrons. The van der Waals surface area contributed by atoms with Gasteiger partial charge in [0.15, 0.2) is 0 Å². The summed E-state index contributed by atoms with van der Waals surface area (Å²) in [6, 6.07) is 0. The molecule has 1 fully saturated rings. The second-order valence-electron chi connectivity index (χ2n) is 4.75. The molecule has 0 aromatic heterocycles. The summed E-state index contributed by atoms with van der Waals surface area (Å²) < 4.78 is 11.4. The van der Waals surface area contributed by atoms with Crippen LogP contribution in [0.3, 0.4) is 0 Å².